The Kier molecular flexibility index (Phi) is 11.9. The number of aliphatic imine (C=N–C) groups is 1. The van der Waals surface area contributed by atoms with Crippen LogP contribution < -0.4 is 38.5 Å². The molecule has 12 N–H and O–H groups in total. The van der Waals surface area contributed by atoms with Crippen molar-refractivity contribution in [2.24, 2.45) is 22.2 Å². The van der Waals surface area contributed by atoms with Gasteiger partial charge in [-0.2, -0.15) is 0 Å². The summed E-state index contributed by atoms with van der Waals surface area (Å²) in [6.45, 7) is 0.677. The van der Waals surface area contributed by atoms with Gasteiger partial charge in [0.05, 0.1) is 18.9 Å². The highest BCUT2D eigenvalue weighted by Crippen LogP contribution is 2.07. The lowest BCUT2D eigenvalue weighted by atomic mass is 10.1. The third kappa shape index (κ3) is 11.1. The molecule has 196 valence electrons. The van der Waals surface area contributed by atoms with Crippen LogP contribution in [0.3, 0.4) is 0 Å². The van der Waals surface area contributed by atoms with E-state index in [1.807, 2.05) is 0 Å². The molecule has 0 bridgehead atoms. The summed E-state index contributed by atoms with van der Waals surface area (Å²) in [7, 11) is 0. The first-order chi connectivity index (χ1) is 16.4. The van der Waals surface area contributed by atoms with Crippen molar-refractivity contribution < 1.29 is 39.0 Å². The summed E-state index contributed by atoms with van der Waals surface area (Å²) in [6.07, 6.45) is -0.101. The molecule has 1 rings (SSSR count). The maximum Gasteiger partial charge on any atom is 0.326 e. The number of carboxylic acid groups (broad SMARTS) is 2. The Bertz CT molecular complexity index is 839. The summed E-state index contributed by atoms with van der Waals surface area (Å²) in [4.78, 5) is 75.4. The highest BCUT2D eigenvalue weighted by molar-refractivity contribution is 5.96. The fourth-order valence-corrected chi connectivity index (χ4v) is 3.28. The van der Waals surface area contributed by atoms with Crippen molar-refractivity contribution >= 4 is 41.5 Å². The number of aliphatic carboxylic acids is 2. The van der Waals surface area contributed by atoms with Gasteiger partial charge < -0.3 is 48.7 Å². The standard InChI is InChI=1S/C19H32N8O8/c20-13(28)7-12(18(34)35)27-16(32)10(4-2-6-24-19(21)22)25-17(33)11(8-14(29)30)26-15(31)9-3-1-5-23-9/h9-12,23H,1-8H2,(H2,20,28)(H,25,33)(H,26,31)(H,27,32)(H,29,30)(H,34,35)(H4,21,22,24). The fraction of sp³-hybridized carbons (Fsp3) is 0.632. The summed E-state index contributed by atoms with van der Waals surface area (Å²) in [5.41, 5.74) is 15.5. The number of hydrogen-bond donors (Lipinski definition) is 9. The van der Waals surface area contributed by atoms with Crippen LogP contribution in [0.1, 0.15) is 38.5 Å². The topological polar surface area (TPSA) is 281 Å². The van der Waals surface area contributed by atoms with Crippen LogP contribution in [0.5, 0.6) is 0 Å². The molecule has 0 saturated carbocycles. The van der Waals surface area contributed by atoms with Gasteiger partial charge in [0, 0.05) is 6.54 Å². The first-order valence-corrected chi connectivity index (χ1v) is 10.8. The largest absolute Gasteiger partial charge is 0.481 e. The summed E-state index contributed by atoms with van der Waals surface area (Å²) in [5.74, 6) is -6.57. The number of carboxylic acids is 2. The van der Waals surface area contributed by atoms with Gasteiger partial charge in [0.2, 0.25) is 23.6 Å². The van der Waals surface area contributed by atoms with E-state index in [0.29, 0.717) is 13.0 Å². The van der Waals surface area contributed by atoms with Crippen LogP contribution >= 0.6 is 0 Å². The molecular weight excluding hydrogens is 468 g/mol. The van der Waals surface area contributed by atoms with E-state index in [2.05, 4.69) is 26.3 Å². The third-order valence-electron chi connectivity index (χ3n) is 4.99. The van der Waals surface area contributed by atoms with Crippen LogP contribution in [0, 0.1) is 0 Å². The van der Waals surface area contributed by atoms with Crippen molar-refractivity contribution in [1.82, 2.24) is 21.3 Å². The Morgan fingerprint density at radius 1 is 0.914 bits per heavy atom. The number of guanidine groups is 1. The number of hydrogen-bond acceptors (Lipinski definition) is 8. The number of amides is 4. The molecule has 0 aromatic rings. The van der Waals surface area contributed by atoms with Crippen molar-refractivity contribution in [2.45, 2.75) is 62.7 Å². The molecule has 1 aliphatic rings. The van der Waals surface area contributed by atoms with Gasteiger partial charge in [-0.3, -0.25) is 29.0 Å². The maximum atomic E-state index is 12.8. The van der Waals surface area contributed by atoms with Gasteiger partial charge in [0.15, 0.2) is 5.96 Å². The molecule has 0 spiro atoms. The average Bonchev–Trinajstić information content (AvgIpc) is 3.28. The lowest BCUT2D eigenvalue weighted by molar-refractivity contribution is -0.144. The number of carbonyl (C=O) groups excluding carboxylic acids is 4. The Morgan fingerprint density at radius 3 is 2.06 bits per heavy atom. The third-order valence-corrected chi connectivity index (χ3v) is 4.99. The molecule has 0 aromatic carbocycles. The van der Waals surface area contributed by atoms with Gasteiger partial charge in [-0.1, -0.05) is 0 Å². The maximum absolute atomic E-state index is 12.8. The molecule has 0 radical (unpaired) electrons. The number of nitrogens with zero attached hydrogens (tertiary/aromatic N) is 1. The summed E-state index contributed by atoms with van der Waals surface area (Å²) in [5, 5.41) is 28.1. The second kappa shape index (κ2) is 14.3. The van der Waals surface area contributed by atoms with E-state index >= 15 is 0 Å². The normalized spacial score (nSPS) is 17.3. The van der Waals surface area contributed by atoms with E-state index in [1.54, 1.807) is 0 Å². The van der Waals surface area contributed by atoms with E-state index in [4.69, 9.17) is 22.3 Å². The minimum Gasteiger partial charge on any atom is -0.481 e. The molecule has 4 unspecified atom stereocenters. The highest BCUT2D eigenvalue weighted by Gasteiger charge is 2.32. The van der Waals surface area contributed by atoms with Crippen LogP contribution in [-0.2, 0) is 28.8 Å². The van der Waals surface area contributed by atoms with Crippen molar-refractivity contribution in [2.75, 3.05) is 13.1 Å². The van der Waals surface area contributed by atoms with Crippen LogP contribution in [0.4, 0.5) is 0 Å². The molecule has 0 aliphatic carbocycles. The zero-order valence-corrected chi connectivity index (χ0v) is 19.0. The first kappa shape index (κ1) is 29.1. The molecule has 16 heteroatoms. The monoisotopic (exact) mass is 500 g/mol. The smallest absolute Gasteiger partial charge is 0.326 e. The van der Waals surface area contributed by atoms with Gasteiger partial charge in [0.1, 0.15) is 18.1 Å². The SMILES string of the molecule is NC(=O)CC(NC(=O)C(CCCN=C(N)N)NC(=O)C(CC(=O)O)NC(=O)C1CCCN1)C(=O)O. The van der Waals surface area contributed by atoms with Crippen LogP contribution in [0.15, 0.2) is 4.99 Å². The van der Waals surface area contributed by atoms with Crippen LogP contribution in [-0.4, -0.2) is 89.0 Å². The van der Waals surface area contributed by atoms with E-state index in [-0.39, 0.29) is 25.3 Å². The number of nitrogens with two attached hydrogens (primary N) is 3. The Morgan fingerprint density at radius 2 is 1.54 bits per heavy atom. The predicted molar refractivity (Wildman–Crippen MR) is 120 cm³/mol. The Hall–Kier alpha value is -3.95. The van der Waals surface area contributed by atoms with Gasteiger partial charge >= 0.3 is 11.9 Å². The fourth-order valence-electron chi connectivity index (χ4n) is 3.28. The Balaban J connectivity index is 2.99. The molecule has 16 nitrogen and oxygen atoms in total. The predicted octanol–water partition coefficient (Wildman–Crippen LogP) is -4.32. The molecule has 35 heavy (non-hydrogen) atoms. The molecule has 4 amide bonds. The molecular formula is C19H32N8O8. The minimum atomic E-state index is -1.65. The van der Waals surface area contributed by atoms with E-state index in [1.165, 1.54) is 0 Å². The van der Waals surface area contributed by atoms with Crippen LogP contribution in [0.2, 0.25) is 0 Å². The zero-order chi connectivity index (χ0) is 26.5. The van der Waals surface area contributed by atoms with Gasteiger partial charge in [-0.25, -0.2) is 4.79 Å². The summed E-state index contributed by atoms with van der Waals surface area (Å²) in [6, 6.07) is -5.09. The van der Waals surface area contributed by atoms with Crippen LogP contribution in [0.25, 0.3) is 0 Å². The Labute approximate surface area is 200 Å². The quantitative estimate of drug-likeness (QED) is 0.0588. The highest BCUT2D eigenvalue weighted by atomic mass is 16.4. The summed E-state index contributed by atoms with van der Waals surface area (Å²) >= 11 is 0. The minimum absolute atomic E-state index is 0.0742. The molecule has 4 atom stereocenters. The van der Waals surface area contributed by atoms with Gasteiger partial charge in [0.25, 0.3) is 0 Å². The van der Waals surface area contributed by atoms with Crippen molar-refractivity contribution in [3.63, 3.8) is 0 Å². The van der Waals surface area contributed by atoms with Crippen molar-refractivity contribution in [3.05, 3.63) is 0 Å². The molecule has 1 fully saturated rings. The van der Waals surface area contributed by atoms with Gasteiger partial charge in [-0.15, -0.1) is 0 Å². The van der Waals surface area contributed by atoms with E-state index in [0.717, 1.165) is 6.42 Å². The first-order valence-electron chi connectivity index (χ1n) is 10.8. The lowest BCUT2D eigenvalue weighted by Gasteiger charge is -2.24. The summed E-state index contributed by atoms with van der Waals surface area (Å²) < 4.78 is 0. The second-order valence-corrected chi connectivity index (χ2v) is 7.89. The van der Waals surface area contributed by atoms with Gasteiger partial charge in [-0.05, 0) is 32.2 Å². The average molecular weight is 501 g/mol. The molecule has 0 aromatic heterocycles. The number of nitrogens with one attached hydrogen (secondary N) is 4. The van der Waals surface area contributed by atoms with Crippen molar-refractivity contribution in [1.29, 1.82) is 0 Å². The van der Waals surface area contributed by atoms with E-state index in [9.17, 15) is 33.9 Å². The van der Waals surface area contributed by atoms with Crippen molar-refractivity contribution in [3.8, 4) is 0 Å². The lowest BCUT2D eigenvalue weighted by Crippen LogP contribution is -2.57. The zero-order valence-electron chi connectivity index (χ0n) is 19.0. The molecule has 1 aliphatic heterocycles. The number of rotatable bonds is 15. The molecule has 1 saturated heterocycles. The number of primary amides is 1. The number of carbonyl (C=O) groups is 6. The second-order valence-electron chi connectivity index (χ2n) is 7.89. The van der Waals surface area contributed by atoms with E-state index < -0.39 is 72.6 Å². The molecule has 1 heterocycles.